The number of carbonyl (C=O) groups excluding carboxylic acids is 5. The van der Waals surface area contributed by atoms with E-state index in [0.717, 1.165) is 4.90 Å². The first kappa shape index (κ1) is 24.4. The van der Waals surface area contributed by atoms with Gasteiger partial charge >= 0.3 is 23.9 Å². The second-order valence-corrected chi connectivity index (χ2v) is 7.69. The molecule has 0 aliphatic carbocycles. The molecule has 10 nitrogen and oxygen atoms in total. The first-order valence-corrected chi connectivity index (χ1v) is 9.49. The van der Waals surface area contributed by atoms with Gasteiger partial charge in [0.25, 0.3) is 0 Å². The molecule has 1 aliphatic rings. The molecule has 0 saturated carbocycles. The van der Waals surface area contributed by atoms with Gasteiger partial charge in [0.1, 0.15) is 5.60 Å². The van der Waals surface area contributed by atoms with Crippen LogP contribution in [0.2, 0.25) is 0 Å². The maximum Gasteiger partial charge on any atom is 0.331 e. The zero-order chi connectivity index (χ0) is 22.5. The molecule has 1 fully saturated rings. The summed E-state index contributed by atoms with van der Waals surface area (Å²) in [6.07, 6.45) is 0. The highest BCUT2D eigenvalue weighted by Crippen LogP contribution is 2.25. The SMILES string of the molecule is CCOC(=O)C(C(=O)OCC)[C@@H](C)C(=O)N1C(=O)N(C)C[C@H]1C(=O)OC(C)(C)C. The molecule has 0 aromatic rings. The van der Waals surface area contributed by atoms with Gasteiger partial charge in [0, 0.05) is 7.05 Å². The molecule has 0 bridgehead atoms. The van der Waals surface area contributed by atoms with Crippen molar-refractivity contribution in [3.8, 4) is 0 Å². The van der Waals surface area contributed by atoms with Gasteiger partial charge in [-0.25, -0.2) is 14.5 Å². The number of imide groups is 1. The number of hydrogen-bond donors (Lipinski definition) is 0. The van der Waals surface area contributed by atoms with Crippen molar-refractivity contribution in [3.63, 3.8) is 0 Å². The Bertz CT molecular complexity index is 652. The third kappa shape index (κ3) is 5.91. The van der Waals surface area contributed by atoms with Gasteiger partial charge in [0.05, 0.1) is 25.7 Å². The summed E-state index contributed by atoms with van der Waals surface area (Å²) in [6, 6.07) is -1.91. The van der Waals surface area contributed by atoms with Crippen molar-refractivity contribution in [1.29, 1.82) is 0 Å². The highest BCUT2D eigenvalue weighted by molar-refractivity contribution is 6.06. The van der Waals surface area contributed by atoms with E-state index in [1.54, 1.807) is 34.6 Å². The zero-order valence-electron chi connectivity index (χ0n) is 18.0. The molecule has 1 rings (SSSR count). The predicted molar refractivity (Wildman–Crippen MR) is 100 cm³/mol. The highest BCUT2D eigenvalue weighted by Gasteiger charge is 2.50. The molecule has 0 aromatic carbocycles. The maximum absolute atomic E-state index is 13.1. The standard InChI is InChI=1S/C19H30N2O8/c1-8-27-16(24)13(17(25)28-9-2)11(3)14(22)21-12(10-20(7)18(21)26)15(23)29-19(4,5)6/h11-13H,8-10H2,1-7H3/t11-,12+/m1/s1. The van der Waals surface area contributed by atoms with Gasteiger partial charge in [-0.05, 0) is 34.6 Å². The monoisotopic (exact) mass is 414 g/mol. The molecule has 0 spiro atoms. The summed E-state index contributed by atoms with van der Waals surface area (Å²) in [6.45, 7) is 9.37. The minimum absolute atomic E-state index is 0.00155. The van der Waals surface area contributed by atoms with Crippen LogP contribution in [0.15, 0.2) is 0 Å². The van der Waals surface area contributed by atoms with Crippen LogP contribution in [0.1, 0.15) is 41.5 Å². The third-order valence-electron chi connectivity index (χ3n) is 4.18. The first-order valence-electron chi connectivity index (χ1n) is 9.49. The molecule has 2 atom stereocenters. The quantitative estimate of drug-likeness (QED) is 0.343. The predicted octanol–water partition coefficient (Wildman–Crippen LogP) is 0.969. The minimum atomic E-state index is -1.56. The summed E-state index contributed by atoms with van der Waals surface area (Å²) in [4.78, 5) is 64.7. The van der Waals surface area contributed by atoms with Crippen LogP contribution in [0, 0.1) is 11.8 Å². The Morgan fingerprint density at radius 3 is 1.97 bits per heavy atom. The Balaban J connectivity index is 3.19. The number of likely N-dealkylation sites (N-methyl/N-ethyl adjacent to an activating group) is 1. The Labute approximate surface area is 170 Å². The lowest BCUT2D eigenvalue weighted by molar-refractivity contribution is -0.168. The molecular formula is C19H30N2O8. The molecule has 1 heterocycles. The molecule has 0 N–H and O–H groups in total. The van der Waals surface area contributed by atoms with Crippen molar-refractivity contribution in [1.82, 2.24) is 9.80 Å². The second-order valence-electron chi connectivity index (χ2n) is 7.69. The Morgan fingerprint density at radius 1 is 1.07 bits per heavy atom. The molecule has 0 unspecified atom stereocenters. The van der Waals surface area contributed by atoms with E-state index in [1.165, 1.54) is 18.9 Å². The van der Waals surface area contributed by atoms with Gasteiger partial charge in [-0.1, -0.05) is 6.92 Å². The molecule has 164 valence electrons. The highest BCUT2D eigenvalue weighted by atomic mass is 16.6. The number of nitrogens with zero attached hydrogens (tertiary/aromatic N) is 2. The summed E-state index contributed by atoms with van der Waals surface area (Å²) in [7, 11) is 1.44. The summed E-state index contributed by atoms with van der Waals surface area (Å²) >= 11 is 0. The van der Waals surface area contributed by atoms with Crippen LogP contribution in [0.3, 0.4) is 0 Å². The van der Waals surface area contributed by atoms with E-state index in [-0.39, 0.29) is 19.8 Å². The topological polar surface area (TPSA) is 120 Å². The molecule has 29 heavy (non-hydrogen) atoms. The van der Waals surface area contributed by atoms with Crippen LogP contribution < -0.4 is 0 Å². The van der Waals surface area contributed by atoms with E-state index in [4.69, 9.17) is 14.2 Å². The maximum atomic E-state index is 13.1. The van der Waals surface area contributed by atoms with Crippen LogP contribution in [0.25, 0.3) is 0 Å². The third-order valence-corrected chi connectivity index (χ3v) is 4.18. The van der Waals surface area contributed by atoms with Gasteiger partial charge in [-0.2, -0.15) is 0 Å². The fourth-order valence-electron chi connectivity index (χ4n) is 2.86. The number of urea groups is 1. The van der Waals surface area contributed by atoms with E-state index >= 15 is 0 Å². The van der Waals surface area contributed by atoms with Gasteiger partial charge < -0.3 is 19.1 Å². The largest absolute Gasteiger partial charge is 0.465 e. The Kier molecular flexibility index (Phi) is 8.16. The molecular weight excluding hydrogens is 384 g/mol. The molecule has 1 saturated heterocycles. The van der Waals surface area contributed by atoms with Gasteiger partial charge in [0.15, 0.2) is 12.0 Å². The average Bonchev–Trinajstić information content (AvgIpc) is 2.88. The van der Waals surface area contributed by atoms with E-state index in [1.807, 2.05) is 0 Å². The van der Waals surface area contributed by atoms with Crippen molar-refractivity contribution in [2.45, 2.75) is 53.2 Å². The number of esters is 3. The number of carbonyl (C=O) groups is 5. The number of rotatable bonds is 7. The second kappa shape index (κ2) is 9.71. The van der Waals surface area contributed by atoms with Crippen LogP contribution >= 0.6 is 0 Å². The van der Waals surface area contributed by atoms with Crippen molar-refractivity contribution in [2.75, 3.05) is 26.8 Å². The van der Waals surface area contributed by atoms with Crippen molar-refractivity contribution < 1.29 is 38.2 Å². The lowest BCUT2D eigenvalue weighted by atomic mass is 9.92. The average molecular weight is 414 g/mol. The molecule has 10 heteroatoms. The Hall–Kier alpha value is -2.65. The minimum Gasteiger partial charge on any atom is -0.465 e. The Morgan fingerprint density at radius 2 is 1.55 bits per heavy atom. The lowest BCUT2D eigenvalue weighted by Crippen LogP contribution is -2.51. The van der Waals surface area contributed by atoms with Gasteiger partial charge in [-0.3, -0.25) is 14.4 Å². The van der Waals surface area contributed by atoms with E-state index in [0.29, 0.717) is 0 Å². The molecule has 3 amide bonds. The van der Waals surface area contributed by atoms with Crippen molar-refractivity contribution in [3.05, 3.63) is 0 Å². The lowest BCUT2D eigenvalue weighted by Gasteiger charge is -2.28. The number of amides is 3. The number of ether oxygens (including phenoxy) is 3. The molecule has 0 radical (unpaired) electrons. The van der Waals surface area contributed by atoms with Crippen LogP contribution in [0.5, 0.6) is 0 Å². The summed E-state index contributed by atoms with van der Waals surface area (Å²) in [5.74, 6) is -6.31. The van der Waals surface area contributed by atoms with Gasteiger partial charge in [-0.15, -0.1) is 0 Å². The number of hydrogen-bond acceptors (Lipinski definition) is 8. The fraction of sp³-hybridized carbons (Fsp3) is 0.737. The zero-order valence-corrected chi connectivity index (χ0v) is 18.0. The first-order chi connectivity index (χ1) is 13.4. The van der Waals surface area contributed by atoms with Gasteiger partial charge in [0.2, 0.25) is 5.91 Å². The van der Waals surface area contributed by atoms with Crippen molar-refractivity contribution >= 4 is 29.8 Å². The van der Waals surface area contributed by atoms with Crippen LogP contribution in [-0.2, 0) is 33.4 Å². The summed E-state index contributed by atoms with van der Waals surface area (Å²) in [5, 5.41) is 0. The van der Waals surface area contributed by atoms with Crippen molar-refractivity contribution in [2.24, 2.45) is 11.8 Å². The smallest absolute Gasteiger partial charge is 0.331 e. The normalized spacial score (nSPS) is 17.9. The summed E-state index contributed by atoms with van der Waals surface area (Å²) < 4.78 is 15.1. The van der Waals surface area contributed by atoms with Crippen LogP contribution in [0.4, 0.5) is 4.79 Å². The van der Waals surface area contributed by atoms with Crippen LogP contribution in [-0.4, -0.2) is 78.1 Å². The fourth-order valence-corrected chi connectivity index (χ4v) is 2.86. The van der Waals surface area contributed by atoms with E-state index in [9.17, 15) is 24.0 Å². The molecule has 0 aromatic heterocycles. The summed E-state index contributed by atoms with van der Waals surface area (Å²) in [5.41, 5.74) is -0.819. The van der Waals surface area contributed by atoms with E-state index in [2.05, 4.69) is 0 Å². The van der Waals surface area contributed by atoms with E-state index < -0.39 is 53.3 Å². The molecule has 1 aliphatic heterocycles.